The third-order valence-corrected chi connectivity index (χ3v) is 5.15. The lowest BCUT2D eigenvalue weighted by Gasteiger charge is -2.42. The molecule has 1 amide bonds. The highest BCUT2D eigenvalue weighted by Crippen LogP contribution is 2.41. The number of benzene rings is 3. The molecule has 7 heteroatoms. The third-order valence-electron chi connectivity index (χ3n) is 4.91. The van der Waals surface area contributed by atoms with E-state index in [0.717, 1.165) is 22.6 Å². The summed E-state index contributed by atoms with van der Waals surface area (Å²) in [5.41, 5.74) is 5.19. The van der Waals surface area contributed by atoms with Gasteiger partial charge in [-0.3, -0.25) is 14.8 Å². The highest BCUT2D eigenvalue weighted by atomic mass is 35.5. The molecule has 0 spiro atoms. The number of nitrogens with zero attached hydrogens (tertiary/aromatic N) is 1. The number of carbonyl (C=O) groups excluding carboxylic acids is 1. The van der Waals surface area contributed by atoms with Crippen molar-refractivity contribution in [2.45, 2.75) is 12.5 Å². The SMILES string of the molecule is CC1(Nc2ccc(C(=O)NO)cc2)CON(c2cccc(Cl)c2)c2ccccc21. The Bertz CT molecular complexity index is 1040. The van der Waals surface area contributed by atoms with Crippen LogP contribution in [0.15, 0.2) is 72.8 Å². The van der Waals surface area contributed by atoms with E-state index in [0.29, 0.717) is 17.2 Å². The van der Waals surface area contributed by atoms with Gasteiger partial charge in [0, 0.05) is 21.8 Å². The lowest BCUT2D eigenvalue weighted by Crippen LogP contribution is -2.44. The van der Waals surface area contributed by atoms with E-state index in [1.54, 1.807) is 34.8 Å². The fraction of sp³-hybridized carbons (Fsp3) is 0.136. The first-order valence-corrected chi connectivity index (χ1v) is 9.49. The zero-order valence-corrected chi connectivity index (χ0v) is 16.5. The van der Waals surface area contributed by atoms with Gasteiger partial charge in [0.15, 0.2) is 0 Å². The molecule has 1 atom stereocenters. The molecule has 29 heavy (non-hydrogen) atoms. The van der Waals surface area contributed by atoms with Crippen molar-refractivity contribution in [2.75, 3.05) is 17.0 Å². The van der Waals surface area contributed by atoms with Crippen LogP contribution >= 0.6 is 11.6 Å². The molecule has 1 unspecified atom stereocenters. The first-order valence-electron chi connectivity index (χ1n) is 9.11. The lowest BCUT2D eigenvalue weighted by molar-refractivity contribution is 0.0706. The van der Waals surface area contributed by atoms with Crippen molar-refractivity contribution in [1.82, 2.24) is 5.48 Å². The number of anilines is 3. The van der Waals surface area contributed by atoms with Crippen molar-refractivity contribution in [3.05, 3.63) is 88.9 Å². The highest BCUT2D eigenvalue weighted by molar-refractivity contribution is 6.30. The van der Waals surface area contributed by atoms with E-state index in [4.69, 9.17) is 21.6 Å². The van der Waals surface area contributed by atoms with Gasteiger partial charge in [-0.25, -0.2) is 10.5 Å². The van der Waals surface area contributed by atoms with Crippen molar-refractivity contribution in [3.8, 4) is 0 Å². The lowest BCUT2D eigenvalue weighted by atomic mass is 9.89. The Morgan fingerprint density at radius 2 is 1.86 bits per heavy atom. The number of halogens is 1. The van der Waals surface area contributed by atoms with Crippen LogP contribution in [0.3, 0.4) is 0 Å². The molecule has 0 radical (unpaired) electrons. The molecule has 0 saturated heterocycles. The fourth-order valence-electron chi connectivity index (χ4n) is 3.47. The van der Waals surface area contributed by atoms with Gasteiger partial charge in [0.05, 0.1) is 16.9 Å². The molecule has 4 rings (SSSR count). The number of hydrogen-bond acceptors (Lipinski definition) is 5. The number of hydroxylamine groups is 1. The topological polar surface area (TPSA) is 73.8 Å². The van der Waals surface area contributed by atoms with Crippen LogP contribution in [0, 0.1) is 0 Å². The molecule has 0 bridgehead atoms. The summed E-state index contributed by atoms with van der Waals surface area (Å²) >= 11 is 6.16. The second kappa shape index (κ2) is 7.75. The van der Waals surface area contributed by atoms with Gasteiger partial charge < -0.3 is 5.32 Å². The Morgan fingerprint density at radius 1 is 1.10 bits per heavy atom. The molecule has 3 aromatic rings. The van der Waals surface area contributed by atoms with E-state index < -0.39 is 11.4 Å². The summed E-state index contributed by atoms with van der Waals surface area (Å²) in [6.07, 6.45) is 0. The van der Waals surface area contributed by atoms with Gasteiger partial charge in [-0.05, 0) is 55.5 Å². The van der Waals surface area contributed by atoms with Crippen LogP contribution in [0.2, 0.25) is 5.02 Å². The van der Waals surface area contributed by atoms with Crippen LogP contribution in [0.25, 0.3) is 0 Å². The molecule has 0 aliphatic carbocycles. The largest absolute Gasteiger partial charge is 0.373 e. The first-order chi connectivity index (χ1) is 14.0. The van der Waals surface area contributed by atoms with E-state index in [1.165, 1.54) is 0 Å². The molecule has 1 heterocycles. The third kappa shape index (κ3) is 3.78. The van der Waals surface area contributed by atoms with Crippen LogP contribution in [0.5, 0.6) is 0 Å². The maximum Gasteiger partial charge on any atom is 0.274 e. The van der Waals surface area contributed by atoms with Crippen molar-refractivity contribution in [2.24, 2.45) is 0 Å². The van der Waals surface area contributed by atoms with Gasteiger partial charge in [0.1, 0.15) is 6.61 Å². The molecule has 3 N–H and O–H groups in total. The quantitative estimate of drug-likeness (QED) is 0.423. The average molecular weight is 410 g/mol. The number of amides is 1. The summed E-state index contributed by atoms with van der Waals surface area (Å²) < 4.78 is 0. The Balaban J connectivity index is 1.65. The number of nitrogens with one attached hydrogen (secondary N) is 2. The van der Waals surface area contributed by atoms with Crippen molar-refractivity contribution in [3.63, 3.8) is 0 Å². The van der Waals surface area contributed by atoms with E-state index in [1.807, 2.05) is 42.5 Å². The summed E-state index contributed by atoms with van der Waals surface area (Å²) in [5.74, 6) is -0.550. The smallest absolute Gasteiger partial charge is 0.274 e. The molecule has 1 aliphatic rings. The Kier molecular flexibility index (Phi) is 5.15. The number of hydrogen-bond donors (Lipinski definition) is 3. The predicted octanol–water partition coefficient (Wildman–Crippen LogP) is 4.87. The monoisotopic (exact) mass is 409 g/mol. The number of para-hydroxylation sites is 1. The van der Waals surface area contributed by atoms with E-state index >= 15 is 0 Å². The summed E-state index contributed by atoms with van der Waals surface area (Å²) in [7, 11) is 0. The van der Waals surface area contributed by atoms with Crippen molar-refractivity contribution >= 4 is 34.6 Å². The van der Waals surface area contributed by atoms with Crippen LogP contribution in [0.1, 0.15) is 22.8 Å². The molecular formula is C22H20ClN3O3. The molecular weight excluding hydrogens is 390 g/mol. The Morgan fingerprint density at radius 3 is 2.59 bits per heavy atom. The maximum atomic E-state index is 11.5. The number of carbonyl (C=O) groups is 1. The maximum absolute atomic E-state index is 11.5. The predicted molar refractivity (Wildman–Crippen MR) is 113 cm³/mol. The van der Waals surface area contributed by atoms with Gasteiger partial charge in [-0.15, -0.1) is 0 Å². The van der Waals surface area contributed by atoms with Gasteiger partial charge in [0.25, 0.3) is 5.91 Å². The molecule has 0 saturated carbocycles. The molecule has 0 aromatic heterocycles. The average Bonchev–Trinajstić information content (AvgIpc) is 2.74. The zero-order valence-electron chi connectivity index (χ0n) is 15.7. The van der Waals surface area contributed by atoms with Crippen LogP contribution in [-0.2, 0) is 10.4 Å². The normalized spacial score (nSPS) is 18.1. The summed E-state index contributed by atoms with van der Waals surface area (Å²) in [6, 6.07) is 22.4. The molecule has 148 valence electrons. The van der Waals surface area contributed by atoms with Crippen LogP contribution in [0.4, 0.5) is 17.1 Å². The number of rotatable bonds is 4. The summed E-state index contributed by atoms with van der Waals surface area (Å²) in [6.45, 7) is 2.45. The second-order valence-corrected chi connectivity index (χ2v) is 7.48. The zero-order chi connectivity index (χ0) is 20.4. The number of fused-ring (bicyclic) bond motifs is 1. The minimum atomic E-state index is -0.550. The van der Waals surface area contributed by atoms with Gasteiger partial charge in [0.2, 0.25) is 0 Å². The van der Waals surface area contributed by atoms with Crippen molar-refractivity contribution in [1.29, 1.82) is 0 Å². The molecule has 3 aromatic carbocycles. The minimum Gasteiger partial charge on any atom is -0.373 e. The van der Waals surface area contributed by atoms with Gasteiger partial charge in [-0.1, -0.05) is 35.9 Å². The van der Waals surface area contributed by atoms with Crippen molar-refractivity contribution < 1.29 is 14.8 Å². The summed E-state index contributed by atoms with van der Waals surface area (Å²) in [4.78, 5) is 17.6. The first kappa shape index (κ1) is 19.3. The molecule has 1 aliphatic heterocycles. The van der Waals surface area contributed by atoms with E-state index in [9.17, 15) is 4.79 Å². The fourth-order valence-corrected chi connectivity index (χ4v) is 3.65. The van der Waals surface area contributed by atoms with E-state index in [2.05, 4.69) is 18.3 Å². The Labute approximate surface area is 173 Å². The molecule has 6 nitrogen and oxygen atoms in total. The van der Waals surface area contributed by atoms with Gasteiger partial charge in [-0.2, -0.15) is 0 Å². The highest BCUT2D eigenvalue weighted by Gasteiger charge is 2.36. The summed E-state index contributed by atoms with van der Waals surface area (Å²) in [5, 5.41) is 14.7. The molecule has 0 fully saturated rings. The second-order valence-electron chi connectivity index (χ2n) is 7.04. The van der Waals surface area contributed by atoms with E-state index in [-0.39, 0.29) is 0 Å². The standard InChI is InChI=1S/C22H20ClN3O3/c1-22(24-17-11-9-15(10-12-17)21(27)25-28)14-29-26(18-6-4-5-16(23)13-18)20-8-3-2-7-19(20)22/h2-13,24,28H,14H2,1H3,(H,25,27). The Hall–Kier alpha value is -3.06. The van der Waals surface area contributed by atoms with Gasteiger partial charge >= 0.3 is 0 Å². The minimum absolute atomic E-state index is 0.371. The van der Waals surface area contributed by atoms with Crippen LogP contribution in [-0.4, -0.2) is 17.7 Å². The van der Waals surface area contributed by atoms with Crippen LogP contribution < -0.4 is 15.9 Å².